The molecule has 5 atom stereocenters. The number of carboxylic acids is 1. The molecule has 3 aromatic rings. The van der Waals surface area contributed by atoms with Crippen molar-refractivity contribution >= 4 is 35.6 Å². The number of nitrogens with two attached hydrogens (primary N) is 3. The van der Waals surface area contributed by atoms with E-state index in [1.807, 2.05) is 0 Å². The molecule has 0 aliphatic heterocycles. The quantitative estimate of drug-likeness (QED) is 0.0305. The van der Waals surface area contributed by atoms with Crippen molar-refractivity contribution < 1.29 is 34.2 Å². The zero-order valence-corrected chi connectivity index (χ0v) is 25.8. The van der Waals surface area contributed by atoms with Crippen LogP contribution in [0, 0.1) is 0 Å². The fourth-order valence-corrected chi connectivity index (χ4v) is 4.43. The van der Waals surface area contributed by atoms with E-state index in [2.05, 4.69) is 56.2 Å². The molecule has 0 fully saturated rings. The number of amides is 4. The van der Waals surface area contributed by atoms with Crippen LogP contribution in [0.4, 0.5) is 0 Å². The Bertz CT molecular complexity index is 1490. The first-order chi connectivity index (χ1) is 23.0. The van der Waals surface area contributed by atoms with Gasteiger partial charge in [-0.2, -0.15) is 0 Å². The lowest BCUT2D eigenvalue weighted by Gasteiger charge is -2.25. The van der Waals surface area contributed by atoms with E-state index in [-0.39, 0.29) is 44.6 Å². The van der Waals surface area contributed by atoms with Crippen molar-refractivity contribution in [2.24, 2.45) is 22.2 Å². The van der Waals surface area contributed by atoms with Crippen LogP contribution in [0.5, 0.6) is 0 Å². The van der Waals surface area contributed by atoms with E-state index in [1.54, 1.807) is 0 Å². The standard InChI is InChI=1S/C27H40N14O7/c28-17(4-14-7-31-11-35-14)22(43)39-19(5-15-8-32-12-36-15)24(45)41-21(10-42)25(46)40-20(6-16-9-33-13-37-16)23(44)38-18(26(47)48)2-1-3-34-27(29)30/h7-9,11-13,17-21,42H,1-6,10,28H2,(H,31,35)(H,32,36)(H,33,37)(H,38,44)(H,39,43)(H,40,46)(H,41,45)(H,47,48)(H4,29,30,34)/t17-,18-,19-,20-,21-/m0/s1. The third-order valence-electron chi connectivity index (χ3n) is 6.93. The summed E-state index contributed by atoms with van der Waals surface area (Å²) in [5.74, 6) is -4.82. The number of hydrogen-bond acceptors (Lipinski definition) is 11. The Labute approximate surface area is 273 Å². The number of imidazole rings is 3. The van der Waals surface area contributed by atoms with E-state index in [0.29, 0.717) is 17.1 Å². The van der Waals surface area contributed by atoms with Gasteiger partial charge in [0.1, 0.15) is 24.2 Å². The maximum absolute atomic E-state index is 13.4. The molecule has 3 heterocycles. The summed E-state index contributed by atoms with van der Waals surface area (Å²) in [6.07, 6.45) is 8.61. The molecule has 260 valence electrons. The molecule has 0 bridgehead atoms. The van der Waals surface area contributed by atoms with Crippen molar-refractivity contribution in [3.63, 3.8) is 0 Å². The Hall–Kier alpha value is -5.83. The second-order valence-corrected chi connectivity index (χ2v) is 10.7. The summed E-state index contributed by atoms with van der Waals surface area (Å²) < 4.78 is 0. The van der Waals surface area contributed by atoms with Gasteiger partial charge in [-0.1, -0.05) is 0 Å². The van der Waals surface area contributed by atoms with E-state index in [0.717, 1.165) is 0 Å². The van der Waals surface area contributed by atoms with Crippen molar-refractivity contribution in [1.82, 2.24) is 51.2 Å². The van der Waals surface area contributed by atoms with Crippen LogP contribution in [0.3, 0.4) is 0 Å². The minimum Gasteiger partial charge on any atom is -0.480 e. The number of aliphatic hydroxyl groups excluding tert-OH is 1. The van der Waals surface area contributed by atoms with Gasteiger partial charge in [0.25, 0.3) is 0 Å². The summed E-state index contributed by atoms with van der Waals surface area (Å²) >= 11 is 0. The number of aliphatic hydroxyl groups is 1. The van der Waals surface area contributed by atoms with Crippen LogP contribution in [-0.2, 0) is 43.2 Å². The van der Waals surface area contributed by atoms with Crippen molar-refractivity contribution in [3.05, 3.63) is 54.7 Å². The molecule has 3 rings (SSSR count). The van der Waals surface area contributed by atoms with Crippen molar-refractivity contribution in [1.29, 1.82) is 0 Å². The number of H-pyrrole nitrogens is 3. The lowest BCUT2D eigenvalue weighted by Crippen LogP contribution is -2.60. The highest BCUT2D eigenvalue weighted by molar-refractivity contribution is 5.95. The van der Waals surface area contributed by atoms with Gasteiger partial charge in [-0.05, 0) is 12.8 Å². The van der Waals surface area contributed by atoms with E-state index < -0.39 is 66.4 Å². The zero-order chi connectivity index (χ0) is 35.1. The molecule has 0 unspecified atom stereocenters. The summed E-state index contributed by atoms with van der Waals surface area (Å²) in [6.45, 7) is -0.755. The van der Waals surface area contributed by atoms with Crippen molar-refractivity contribution in [3.8, 4) is 0 Å². The third-order valence-corrected chi connectivity index (χ3v) is 6.93. The molecule has 21 heteroatoms. The number of carbonyl (C=O) groups is 5. The van der Waals surface area contributed by atoms with Gasteiger partial charge in [0.15, 0.2) is 5.96 Å². The molecule has 0 aliphatic rings. The average molecular weight is 673 g/mol. The normalized spacial score (nSPS) is 14.0. The molecular formula is C27H40N14O7. The Morgan fingerprint density at radius 3 is 1.58 bits per heavy atom. The van der Waals surface area contributed by atoms with Gasteiger partial charge < -0.3 is 63.6 Å². The zero-order valence-electron chi connectivity index (χ0n) is 25.8. The second kappa shape index (κ2) is 18.3. The maximum atomic E-state index is 13.4. The Morgan fingerprint density at radius 1 is 0.708 bits per heavy atom. The predicted molar refractivity (Wildman–Crippen MR) is 167 cm³/mol. The van der Waals surface area contributed by atoms with Gasteiger partial charge in [0, 0.05) is 61.5 Å². The van der Waals surface area contributed by atoms with E-state index in [4.69, 9.17) is 17.2 Å². The number of nitrogens with one attached hydrogen (secondary N) is 7. The molecule has 0 saturated carbocycles. The van der Waals surface area contributed by atoms with Gasteiger partial charge in [0.2, 0.25) is 23.6 Å². The van der Waals surface area contributed by atoms with Crippen LogP contribution in [0.2, 0.25) is 0 Å². The number of aliphatic imine (C=N–C) groups is 1. The van der Waals surface area contributed by atoms with Crippen LogP contribution >= 0.6 is 0 Å². The minimum absolute atomic E-state index is 0.0209. The molecule has 0 saturated heterocycles. The molecule has 21 nitrogen and oxygen atoms in total. The Kier molecular flexibility index (Phi) is 14.0. The summed E-state index contributed by atoms with van der Waals surface area (Å²) in [5.41, 5.74) is 18.1. The number of nitrogens with zero attached hydrogens (tertiary/aromatic N) is 4. The fraction of sp³-hybridized carbons (Fsp3) is 0.444. The van der Waals surface area contributed by atoms with E-state index >= 15 is 0 Å². The second-order valence-electron chi connectivity index (χ2n) is 10.7. The summed E-state index contributed by atoms with van der Waals surface area (Å²) in [4.78, 5) is 88.6. The Morgan fingerprint density at radius 2 is 1.15 bits per heavy atom. The number of aliphatic carboxylic acids is 1. The average Bonchev–Trinajstić information content (AvgIpc) is 3.85. The lowest BCUT2D eigenvalue weighted by molar-refractivity contribution is -0.142. The van der Waals surface area contributed by atoms with Gasteiger partial charge >= 0.3 is 5.97 Å². The van der Waals surface area contributed by atoms with Crippen LogP contribution in [0.1, 0.15) is 29.9 Å². The number of hydrogen-bond donors (Lipinski definition) is 12. The van der Waals surface area contributed by atoms with Gasteiger partial charge in [-0.3, -0.25) is 24.2 Å². The smallest absolute Gasteiger partial charge is 0.326 e. The molecule has 4 amide bonds. The number of guanidine groups is 1. The minimum atomic E-state index is -1.58. The third kappa shape index (κ3) is 11.8. The van der Waals surface area contributed by atoms with Gasteiger partial charge in [0.05, 0.1) is 31.6 Å². The molecule has 0 aromatic carbocycles. The van der Waals surface area contributed by atoms with Crippen LogP contribution in [0.15, 0.2) is 42.6 Å². The largest absolute Gasteiger partial charge is 0.480 e. The van der Waals surface area contributed by atoms with E-state index in [9.17, 15) is 34.2 Å². The molecule has 0 spiro atoms. The van der Waals surface area contributed by atoms with Crippen LogP contribution in [0.25, 0.3) is 0 Å². The van der Waals surface area contributed by atoms with Crippen molar-refractivity contribution in [2.45, 2.75) is 62.3 Å². The molecule has 0 radical (unpaired) electrons. The van der Waals surface area contributed by atoms with Crippen LogP contribution in [-0.4, -0.2) is 119 Å². The summed E-state index contributed by atoms with van der Waals surface area (Å²) in [5, 5.41) is 29.5. The highest BCUT2D eigenvalue weighted by atomic mass is 16.4. The maximum Gasteiger partial charge on any atom is 0.326 e. The summed E-state index contributed by atoms with van der Waals surface area (Å²) in [7, 11) is 0. The number of aromatic nitrogens is 6. The number of carboxylic acid groups (broad SMARTS) is 1. The SMILES string of the molecule is NC(N)=NCCC[C@H](NC(=O)[C@H](Cc1cnc[nH]1)NC(=O)[C@H](CO)NC(=O)[C@H](Cc1cnc[nH]1)NC(=O)[C@@H](N)Cc1cnc[nH]1)C(=O)O. The molecular weight excluding hydrogens is 632 g/mol. The molecule has 0 aliphatic carbocycles. The number of aromatic amines is 3. The molecule has 3 aromatic heterocycles. The van der Waals surface area contributed by atoms with Crippen molar-refractivity contribution in [2.75, 3.05) is 13.2 Å². The first kappa shape index (κ1) is 36.6. The Balaban J connectivity index is 1.71. The first-order valence-electron chi connectivity index (χ1n) is 14.7. The monoisotopic (exact) mass is 672 g/mol. The fourth-order valence-electron chi connectivity index (χ4n) is 4.43. The molecule has 15 N–H and O–H groups in total. The molecule has 48 heavy (non-hydrogen) atoms. The van der Waals surface area contributed by atoms with E-state index in [1.165, 1.54) is 37.6 Å². The highest BCUT2D eigenvalue weighted by Gasteiger charge is 2.32. The predicted octanol–water partition coefficient (Wildman–Crippen LogP) is -4.72. The summed E-state index contributed by atoms with van der Waals surface area (Å²) in [6, 6.07) is -6.59. The number of carbonyl (C=O) groups excluding carboxylic acids is 4. The van der Waals surface area contributed by atoms with Gasteiger partial charge in [-0.15, -0.1) is 0 Å². The topological polar surface area (TPSA) is 350 Å². The van der Waals surface area contributed by atoms with Crippen LogP contribution < -0.4 is 38.5 Å². The van der Waals surface area contributed by atoms with Gasteiger partial charge in [-0.25, -0.2) is 19.7 Å². The first-order valence-corrected chi connectivity index (χ1v) is 14.7. The lowest BCUT2D eigenvalue weighted by atomic mass is 10.1. The number of rotatable bonds is 20. The highest BCUT2D eigenvalue weighted by Crippen LogP contribution is 2.06.